The SMILES string of the molecule is O=C(Cc1ccc(-n2cnnn2)cc1)N1CCN(CCOc2ccccc2Cl)CC1. The summed E-state index contributed by atoms with van der Waals surface area (Å²) in [6.07, 6.45) is 1.94. The average molecular weight is 427 g/mol. The van der Waals surface area contributed by atoms with Crippen molar-refractivity contribution in [2.45, 2.75) is 6.42 Å². The zero-order valence-corrected chi connectivity index (χ0v) is 17.3. The Bertz CT molecular complexity index is 956. The first kappa shape index (κ1) is 20.3. The molecule has 1 fully saturated rings. The fourth-order valence-corrected chi connectivity index (χ4v) is 3.59. The van der Waals surface area contributed by atoms with Crippen LogP contribution in [0.4, 0.5) is 0 Å². The molecule has 1 saturated heterocycles. The molecule has 0 spiro atoms. The van der Waals surface area contributed by atoms with Crippen LogP contribution in [-0.4, -0.2) is 75.2 Å². The molecule has 0 unspecified atom stereocenters. The minimum Gasteiger partial charge on any atom is -0.491 e. The molecule has 0 aliphatic carbocycles. The van der Waals surface area contributed by atoms with E-state index in [1.54, 1.807) is 11.0 Å². The number of hydrogen-bond donors (Lipinski definition) is 0. The van der Waals surface area contributed by atoms with Gasteiger partial charge in [-0.3, -0.25) is 9.69 Å². The van der Waals surface area contributed by atoms with Crippen molar-refractivity contribution in [1.82, 2.24) is 30.0 Å². The molecule has 1 aliphatic heterocycles. The van der Waals surface area contributed by atoms with E-state index in [0.717, 1.165) is 44.0 Å². The van der Waals surface area contributed by atoms with Gasteiger partial charge < -0.3 is 9.64 Å². The lowest BCUT2D eigenvalue weighted by atomic mass is 10.1. The van der Waals surface area contributed by atoms with Crippen molar-refractivity contribution in [2.24, 2.45) is 0 Å². The van der Waals surface area contributed by atoms with Crippen LogP contribution in [0.2, 0.25) is 5.02 Å². The lowest BCUT2D eigenvalue weighted by Crippen LogP contribution is -2.49. The summed E-state index contributed by atoms with van der Waals surface area (Å²) in [5.74, 6) is 0.858. The molecular weight excluding hydrogens is 404 g/mol. The molecule has 9 heteroatoms. The lowest BCUT2D eigenvalue weighted by Gasteiger charge is -2.34. The third kappa shape index (κ3) is 5.14. The van der Waals surface area contributed by atoms with Gasteiger partial charge >= 0.3 is 0 Å². The van der Waals surface area contributed by atoms with E-state index in [-0.39, 0.29) is 5.91 Å². The highest BCUT2D eigenvalue weighted by Gasteiger charge is 2.21. The lowest BCUT2D eigenvalue weighted by molar-refractivity contribution is -0.132. The van der Waals surface area contributed by atoms with E-state index in [0.29, 0.717) is 23.8 Å². The summed E-state index contributed by atoms with van der Waals surface area (Å²) in [7, 11) is 0. The Morgan fingerprint density at radius 2 is 1.80 bits per heavy atom. The quantitative estimate of drug-likeness (QED) is 0.575. The van der Waals surface area contributed by atoms with Crippen molar-refractivity contribution >= 4 is 17.5 Å². The van der Waals surface area contributed by atoms with Crippen LogP contribution in [0.3, 0.4) is 0 Å². The molecule has 30 heavy (non-hydrogen) atoms. The van der Waals surface area contributed by atoms with Gasteiger partial charge in [0, 0.05) is 32.7 Å². The van der Waals surface area contributed by atoms with Crippen molar-refractivity contribution in [3.05, 3.63) is 65.4 Å². The molecule has 1 amide bonds. The second-order valence-electron chi connectivity index (χ2n) is 7.10. The van der Waals surface area contributed by atoms with E-state index < -0.39 is 0 Å². The van der Waals surface area contributed by atoms with Gasteiger partial charge in [-0.2, -0.15) is 0 Å². The fraction of sp³-hybridized carbons (Fsp3) is 0.333. The van der Waals surface area contributed by atoms with Gasteiger partial charge in [-0.25, -0.2) is 4.68 Å². The predicted molar refractivity (Wildman–Crippen MR) is 113 cm³/mol. The van der Waals surface area contributed by atoms with E-state index in [4.69, 9.17) is 16.3 Å². The first-order valence-corrected chi connectivity index (χ1v) is 10.3. The molecule has 3 aromatic rings. The second-order valence-corrected chi connectivity index (χ2v) is 7.51. The molecule has 2 heterocycles. The largest absolute Gasteiger partial charge is 0.491 e. The summed E-state index contributed by atoms with van der Waals surface area (Å²) in [4.78, 5) is 16.9. The number of aromatic nitrogens is 4. The van der Waals surface area contributed by atoms with Crippen LogP contribution in [0.5, 0.6) is 5.75 Å². The number of rotatable bonds is 7. The first-order chi connectivity index (χ1) is 14.7. The van der Waals surface area contributed by atoms with Gasteiger partial charge in [0.2, 0.25) is 5.91 Å². The Balaban J connectivity index is 1.20. The number of amides is 1. The monoisotopic (exact) mass is 426 g/mol. The number of piperazine rings is 1. The summed E-state index contributed by atoms with van der Waals surface area (Å²) >= 11 is 6.11. The average Bonchev–Trinajstić information content (AvgIpc) is 3.31. The van der Waals surface area contributed by atoms with Gasteiger partial charge in [0.05, 0.1) is 17.1 Å². The molecular formula is C21H23ClN6O2. The van der Waals surface area contributed by atoms with Gasteiger partial charge in [-0.15, -0.1) is 5.10 Å². The number of nitrogens with zero attached hydrogens (tertiary/aromatic N) is 6. The summed E-state index contributed by atoms with van der Waals surface area (Å²) in [5, 5.41) is 11.7. The summed E-state index contributed by atoms with van der Waals surface area (Å²) in [6.45, 7) is 4.53. The number of carbonyl (C=O) groups excluding carboxylic acids is 1. The predicted octanol–water partition coefficient (Wildman–Crippen LogP) is 2.08. The number of tetrazole rings is 1. The molecule has 156 valence electrons. The van der Waals surface area contributed by atoms with Crippen molar-refractivity contribution in [3.63, 3.8) is 0 Å². The zero-order valence-electron chi connectivity index (χ0n) is 16.5. The Kier molecular flexibility index (Phi) is 6.56. The summed E-state index contributed by atoms with van der Waals surface area (Å²) in [6, 6.07) is 15.2. The maximum atomic E-state index is 12.7. The molecule has 1 aromatic heterocycles. The Morgan fingerprint density at radius 1 is 1.03 bits per heavy atom. The third-order valence-corrected chi connectivity index (χ3v) is 5.44. The highest BCUT2D eigenvalue weighted by atomic mass is 35.5. The third-order valence-electron chi connectivity index (χ3n) is 5.13. The normalized spacial score (nSPS) is 14.6. The van der Waals surface area contributed by atoms with Crippen LogP contribution in [0.15, 0.2) is 54.9 Å². The van der Waals surface area contributed by atoms with Crippen LogP contribution in [0.25, 0.3) is 5.69 Å². The van der Waals surface area contributed by atoms with Gasteiger partial charge in [0.1, 0.15) is 18.7 Å². The molecule has 4 rings (SSSR count). The highest BCUT2D eigenvalue weighted by Crippen LogP contribution is 2.23. The highest BCUT2D eigenvalue weighted by molar-refractivity contribution is 6.32. The zero-order chi connectivity index (χ0) is 20.8. The minimum absolute atomic E-state index is 0.150. The van der Waals surface area contributed by atoms with Gasteiger partial charge in [0.25, 0.3) is 0 Å². The number of hydrogen-bond acceptors (Lipinski definition) is 6. The van der Waals surface area contributed by atoms with Crippen LogP contribution in [0.1, 0.15) is 5.56 Å². The number of benzene rings is 2. The second kappa shape index (κ2) is 9.69. The first-order valence-electron chi connectivity index (χ1n) is 9.89. The molecule has 0 bridgehead atoms. The molecule has 0 radical (unpaired) electrons. The van der Waals surface area contributed by atoms with E-state index in [1.165, 1.54) is 0 Å². The van der Waals surface area contributed by atoms with Gasteiger partial charge in [-0.05, 0) is 40.3 Å². The van der Waals surface area contributed by atoms with E-state index in [2.05, 4.69) is 20.4 Å². The maximum Gasteiger partial charge on any atom is 0.227 e. The van der Waals surface area contributed by atoms with Crippen molar-refractivity contribution < 1.29 is 9.53 Å². The van der Waals surface area contributed by atoms with Crippen LogP contribution < -0.4 is 4.74 Å². The molecule has 0 saturated carbocycles. The van der Waals surface area contributed by atoms with Gasteiger partial charge in [-0.1, -0.05) is 35.9 Å². The molecule has 0 atom stereocenters. The van der Waals surface area contributed by atoms with Crippen molar-refractivity contribution in [3.8, 4) is 11.4 Å². The van der Waals surface area contributed by atoms with Crippen molar-refractivity contribution in [2.75, 3.05) is 39.3 Å². The van der Waals surface area contributed by atoms with Gasteiger partial charge in [0.15, 0.2) is 0 Å². The Hall–Kier alpha value is -2.97. The van der Waals surface area contributed by atoms with E-state index in [9.17, 15) is 4.79 Å². The molecule has 2 aromatic carbocycles. The smallest absolute Gasteiger partial charge is 0.227 e. The summed E-state index contributed by atoms with van der Waals surface area (Å²) in [5.41, 5.74) is 1.84. The van der Waals surface area contributed by atoms with Crippen LogP contribution in [0, 0.1) is 0 Å². The Morgan fingerprint density at radius 3 is 2.50 bits per heavy atom. The maximum absolute atomic E-state index is 12.7. The molecule has 1 aliphatic rings. The summed E-state index contributed by atoms with van der Waals surface area (Å²) < 4.78 is 7.34. The fourth-order valence-electron chi connectivity index (χ4n) is 3.40. The number of para-hydroxylation sites is 1. The van der Waals surface area contributed by atoms with Crippen LogP contribution in [-0.2, 0) is 11.2 Å². The molecule has 8 nitrogen and oxygen atoms in total. The minimum atomic E-state index is 0.150. The van der Waals surface area contributed by atoms with E-state index in [1.807, 2.05) is 53.4 Å². The molecule has 0 N–H and O–H groups in total. The number of halogens is 1. The standard InChI is InChI=1S/C21H23ClN6O2/c22-19-3-1-2-4-20(19)30-14-13-26-9-11-27(12-10-26)21(29)15-17-5-7-18(8-6-17)28-16-23-24-25-28/h1-8,16H,9-15H2. The topological polar surface area (TPSA) is 76.4 Å². The number of ether oxygens (including phenoxy) is 1. The van der Waals surface area contributed by atoms with Crippen LogP contribution >= 0.6 is 11.6 Å². The Labute approximate surface area is 180 Å². The number of carbonyl (C=O) groups is 1. The van der Waals surface area contributed by atoms with E-state index >= 15 is 0 Å². The van der Waals surface area contributed by atoms with Crippen molar-refractivity contribution in [1.29, 1.82) is 0 Å².